The molecule has 4 heteroatoms. The standard InChI is InChI=1S/C9H7BrO.C3H6O2/c1-6-3-2-4-8-7(6)5-9(10)11-8;1-2-5-3-4/h2-5H,1H3;3H,2H2,1H3. The highest BCUT2D eigenvalue weighted by Crippen LogP contribution is 2.25. The van der Waals surface area contributed by atoms with Crippen LogP contribution in [0.5, 0.6) is 0 Å². The lowest BCUT2D eigenvalue weighted by Crippen LogP contribution is -1.80. The van der Waals surface area contributed by atoms with E-state index >= 15 is 0 Å². The Morgan fingerprint density at radius 1 is 1.50 bits per heavy atom. The zero-order valence-electron chi connectivity index (χ0n) is 9.20. The number of fused-ring (bicyclic) bond motifs is 1. The Balaban J connectivity index is 0.000000221. The molecule has 0 aliphatic rings. The maximum Gasteiger partial charge on any atom is 0.293 e. The number of hydrogen-bond acceptors (Lipinski definition) is 3. The molecule has 0 saturated heterocycles. The van der Waals surface area contributed by atoms with Crippen LogP contribution in [0.4, 0.5) is 0 Å². The van der Waals surface area contributed by atoms with Crippen LogP contribution in [0.2, 0.25) is 0 Å². The van der Waals surface area contributed by atoms with E-state index in [1.165, 1.54) is 10.9 Å². The second-order valence-corrected chi connectivity index (χ2v) is 3.87. The van der Waals surface area contributed by atoms with E-state index in [0.717, 1.165) is 10.3 Å². The van der Waals surface area contributed by atoms with Crippen LogP contribution < -0.4 is 0 Å². The summed E-state index contributed by atoms with van der Waals surface area (Å²) < 4.78 is 10.3. The molecule has 16 heavy (non-hydrogen) atoms. The van der Waals surface area contributed by atoms with Crippen molar-refractivity contribution in [3.8, 4) is 0 Å². The third-order valence-corrected chi connectivity index (χ3v) is 2.37. The Morgan fingerprint density at radius 3 is 2.75 bits per heavy atom. The fourth-order valence-electron chi connectivity index (χ4n) is 1.24. The average Bonchev–Trinajstić information content (AvgIpc) is 2.62. The zero-order chi connectivity index (χ0) is 12.0. The van der Waals surface area contributed by atoms with E-state index in [9.17, 15) is 4.79 Å². The molecule has 86 valence electrons. The van der Waals surface area contributed by atoms with Gasteiger partial charge in [0.05, 0.1) is 6.61 Å². The second-order valence-electron chi connectivity index (χ2n) is 3.09. The molecule has 2 rings (SSSR count). The molecule has 0 bridgehead atoms. The van der Waals surface area contributed by atoms with Gasteiger partial charge in [-0.2, -0.15) is 0 Å². The van der Waals surface area contributed by atoms with E-state index < -0.39 is 0 Å². The van der Waals surface area contributed by atoms with Crippen molar-refractivity contribution >= 4 is 33.4 Å². The molecule has 0 spiro atoms. The van der Waals surface area contributed by atoms with Crippen LogP contribution in [-0.4, -0.2) is 13.1 Å². The Bertz CT molecular complexity index is 462. The molecular formula is C12H13BrO3. The lowest BCUT2D eigenvalue weighted by molar-refractivity contribution is -0.128. The van der Waals surface area contributed by atoms with Gasteiger partial charge in [-0.3, -0.25) is 4.79 Å². The monoisotopic (exact) mass is 284 g/mol. The normalized spacial score (nSPS) is 9.44. The maximum atomic E-state index is 9.18. The Labute approximate surface area is 103 Å². The molecule has 0 aliphatic heterocycles. The molecule has 0 N–H and O–H groups in total. The van der Waals surface area contributed by atoms with Crippen molar-refractivity contribution in [3.05, 3.63) is 34.5 Å². The summed E-state index contributed by atoms with van der Waals surface area (Å²) >= 11 is 3.29. The zero-order valence-corrected chi connectivity index (χ0v) is 10.8. The summed E-state index contributed by atoms with van der Waals surface area (Å²) in [6.07, 6.45) is 0. The first-order valence-corrected chi connectivity index (χ1v) is 5.68. The molecule has 2 aromatic rings. The van der Waals surface area contributed by atoms with Crippen LogP contribution in [0, 0.1) is 6.92 Å². The van der Waals surface area contributed by atoms with Crippen LogP contribution in [0.1, 0.15) is 12.5 Å². The molecule has 0 saturated carbocycles. The largest absolute Gasteiger partial charge is 0.468 e. The topological polar surface area (TPSA) is 39.4 Å². The molecule has 0 atom stereocenters. The van der Waals surface area contributed by atoms with Gasteiger partial charge in [0.15, 0.2) is 4.67 Å². The highest BCUT2D eigenvalue weighted by molar-refractivity contribution is 9.10. The van der Waals surface area contributed by atoms with Crippen LogP contribution >= 0.6 is 15.9 Å². The summed E-state index contributed by atoms with van der Waals surface area (Å²) in [4.78, 5) is 9.18. The van der Waals surface area contributed by atoms with Crippen molar-refractivity contribution in [2.45, 2.75) is 13.8 Å². The summed E-state index contributed by atoms with van der Waals surface area (Å²) in [5.41, 5.74) is 2.19. The number of rotatable bonds is 2. The van der Waals surface area contributed by atoms with Gasteiger partial charge in [0, 0.05) is 5.39 Å². The van der Waals surface area contributed by atoms with Crippen LogP contribution in [0.15, 0.2) is 33.4 Å². The highest BCUT2D eigenvalue weighted by atomic mass is 79.9. The molecule has 1 aromatic carbocycles. The van der Waals surface area contributed by atoms with Gasteiger partial charge in [-0.05, 0) is 47.5 Å². The summed E-state index contributed by atoms with van der Waals surface area (Å²) in [5, 5.41) is 1.18. The highest BCUT2D eigenvalue weighted by Gasteiger charge is 2.01. The number of benzene rings is 1. The summed E-state index contributed by atoms with van der Waals surface area (Å²) in [7, 11) is 0. The van der Waals surface area contributed by atoms with E-state index in [2.05, 4.69) is 33.7 Å². The minimum Gasteiger partial charge on any atom is -0.468 e. The van der Waals surface area contributed by atoms with Crippen LogP contribution in [0.3, 0.4) is 0 Å². The molecule has 0 radical (unpaired) electrons. The van der Waals surface area contributed by atoms with E-state index in [4.69, 9.17) is 4.42 Å². The van der Waals surface area contributed by atoms with Crippen molar-refractivity contribution in [2.75, 3.05) is 6.61 Å². The molecule has 1 aromatic heterocycles. The third kappa shape index (κ3) is 3.38. The molecular weight excluding hydrogens is 272 g/mol. The summed E-state index contributed by atoms with van der Waals surface area (Å²) in [5.74, 6) is 0. The van der Waals surface area contributed by atoms with Crippen molar-refractivity contribution in [1.29, 1.82) is 0 Å². The molecule has 0 unspecified atom stereocenters. The van der Waals surface area contributed by atoms with E-state index in [-0.39, 0.29) is 0 Å². The lowest BCUT2D eigenvalue weighted by Gasteiger charge is -1.90. The smallest absolute Gasteiger partial charge is 0.293 e. The predicted molar refractivity (Wildman–Crippen MR) is 66.3 cm³/mol. The van der Waals surface area contributed by atoms with Crippen molar-refractivity contribution in [1.82, 2.24) is 0 Å². The SMILES string of the molecule is CCOC=O.Cc1cccc2oc(Br)cc12. The Kier molecular flexibility index (Phi) is 5.05. The first-order chi connectivity index (χ1) is 7.69. The molecule has 0 aliphatic carbocycles. The lowest BCUT2D eigenvalue weighted by atomic mass is 10.1. The predicted octanol–water partition coefficient (Wildman–Crippen LogP) is 3.68. The number of carbonyl (C=O) groups is 1. The van der Waals surface area contributed by atoms with E-state index in [0.29, 0.717) is 13.1 Å². The molecule has 3 nitrogen and oxygen atoms in total. The number of ether oxygens (including phenoxy) is 1. The fraction of sp³-hybridized carbons (Fsp3) is 0.250. The molecule has 1 heterocycles. The number of hydrogen-bond donors (Lipinski definition) is 0. The number of carbonyl (C=O) groups excluding carboxylic acids is 1. The Morgan fingerprint density at radius 2 is 2.25 bits per heavy atom. The van der Waals surface area contributed by atoms with Gasteiger partial charge in [0.2, 0.25) is 0 Å². The van der Waals surface area contributed by atoms with Gasteiger partial charge in [-0.1, -0.05) is 12.1 Å². The first kappa shape index (κ1) is 12.8. The van der Waals surface area contributed by atoms with Gasteiger partial charge in [-0.25, -0.2) is 0 Å². The number of aryl methyl sites for hydroxylation is 1. The minimum atomic E-state index is 0.431. The second kappa shape index (κ2) is 6.33. The number of halogens is 1. The van der Waals surface area contributed by atoms with Crippen molar-refractivity contribution in [3.63, 3.8) is 0 Å². The fourth-order valence-corrected chi connectivity index (χ4v) is 1.65. The quantitative estimate of drug-likeness (QED) is 0.790. The average molecular weight is 285 g/mol. The first-order valence-electron chi connectivity index (χ1n) is 4.89. The minimum absolute atomic E-state index is 0.431. The molecule has 0 amide bonds. The van der Waals surface area contributed by atoms with Gasteiger partial charge in [-0.15, -0.1) is 0 Å². The van der Waals surface area contributed by atoms with Gasteiger partial charge in [0.25, 0.3) is 6.47 Å². The van der Waals surface area contributed by atoms with Gasteiger partial charge < -0.3 is 9.15 Å². The molecule has 0 fully saturated rings. The number of furan rings is 1. The van der Waals surface area contributed by atoms with E-state index in [1.54, 1.807) is 6.92 Å². The summed E-state index contributed by atoms with van der Waals surface area (Å²) in [6.45, 7) is 4.74. The summed E-state index contributed by atoms with van der Waals surface area (Å²) in [6, 6.07) is 8.02. The maximum absolute atomic E-state index is 9.18. The van der Waals surface area contributed by atoms with Crippen molar-refractivity contribution < 1.29 is 13.9 Å². The third-order valence-electron chi connectivity index (χ3n) is 1.98. The van der Waals surface area contributed by atoms with E-state index in [1.807, 2.05) is 18.2 Å². The van der Waals surface area contributed by atoms with Gasteiger partial charge in [0.1, 0.15) is 5.58 Å². The van der Waals surface area contributed by atoms with Crippen molar-refractivity contribution in [2.24, 2.45) is 0 Å². The van der Waals surface area contributed by atoms with Gasteiger partial charge >= 0.3 is 0 Å². The van der Waals surface area contributed by atoms with Crippen LogP contribution in [0.25, 0.3) is 11.0 Å². The Hall–Kier alpha value is -1.29. The van der Waals surface area contributed by atoms with Crippen LogP contribution in [-0.2, 0) is 9.53 Å².